The zero-order valence-corrected chi connectivity index (χ0v) is 17.3. The number of hydrogen-bond donors (Lipinski definition) is 1. The van der Waals surface area contributed by atoms with E-state index >= 15 is 0 Å². The van der Waals surface area contributed by atoms with Crippen molar-refractivity contribution in [2.45, 2.75) is 13.2 Å². The average Bonchev–Trinajstić information content (AvgIpc) is 2.79. The van der Waals surface area contributed by atoms with Crippen LogP contribution in [0.5, 0.6) is 0 Å². The van der Waals surface area contributed by atoms with E-state index in [1.807, 2.05) is 60.7 Å². The van der Waals surface area contributed by atoms with Gasteiger partial charge < -0.3 is 29.0 Å². The summed E-state index contributed by atoms with van der Waals surface area (Å²) in [4.78, 5) is 11.6. The maximum absolute atomic E-state index is 11.6. The van der Waals surface area contributed by atoms with Gasteiger partial charge in [-0.3, -0.25) is 0 Å². The molecule has 0 heterocycles. The number of amides is 1. The number of ether oxygens (including phenoxy) is 5. The van der Waals surface area contributed by atoms with Gasteiger partial charge in [-0.2, -0.15) is 0 Å². The summed E-state index contributed by atoms with van der Waals surface area (Å²) in [5, 5.41) is 2.64. The van der Waals surface area contributed by atoms with Crippen LogP contribution in [-0.4, -0.2) is 58.9 Å². The third-order valence-electron chi connectivity index (χ3n) is 3.96. The molecular weight excluding hydrogens is 386 g/mol. The predicted molar refractivity (Wildman–Crippen MR) is 113 cm³/mol. The third kappa shape index (κ3) is 12.2. The molecule has 0 spiro atoms. The molecule has 1 amide bonds. The SMILES string of the molecule is O=C(NCCOCCOCCOCCOCc1ccccc1)OCc1ccccc1. The molecule has 0 saturated heterocycles. The van der Waals surface area contributed by atoms with Crippen LogP contribution in [0.25, 0.3) is 0 Å². The van der Waals surface area contributed by atoms with Crippen molar-refractivity contribution in [2.75, 3.05) is 52.8 Å². The highest BCUT2D eigenvalue weighted by atomic mass is 16.6. The fraction of sp³-hybridized carbons (Fsp3) is 0.435. The quantitative estimate of drug-likeness (QED) is 0.423. The summed E-state index contributed by atoms with van der Waals surface area (Å²) in [5.74, 6) is 0. The Kier molecular flexibility index (Phi) is 13.0. The summed E-state index contributed by atoms with van der Waals surface area (Å²) in [7, 11) is 0. The van der Waals surface area contributed by atoms with Crippen molar-refractivity contribution in [3.05, 3.63) is 71.8 Å². The summed E-state index contributed by atoms with van der Waals surface area (Å²) in [6.07, 6.45) is -0.455. The normalized spacial score (nSPS) is 10.7. The maximum atomic E-state index is 11.6. The summed E-state index contributed by atoms with van der Waals surface area (Å²) in [6.45, 7) is 4.69. The molecule has 0 aliphatic rings. The minimum absolute atomic E-state index is 0.253. The Morgan fingerprint density at radius 2 is 1.07 bits per heavy atom. The van der Waals surface area contributed by atoms with Gasteiger partial charge in [-0.05, 0) is 11.1 Å². The average molecular weight is 418 g/mol. The Labute approximate surface area is 178 Å². The van der Waals surface area contributed by atoms with Crippen molar-refractivity contribution in [1.29, 1.82) is 0 Å². The fourth-order valence-electron chi connectivity index (χ4n) is 2.42. The Morgan fingerprint density at radius 3 is 1.63 bits per heavy atom. The molecule has 7 nitrogen and oxygen atoms in total. The molecule has 0 aromatic heterocycles. The molecule has 7 heteroatoms. The lowest BCUT2D eigenvalue weighted by molar-refractivity contribution is -0.00378. The van der Waals surface area contributed by atoms with E-state index in [-0.39, 0.29) is 6.61 Å². The van der Waals surface area contributed by atoms with E-state index < -0.39 is 6.09 Å². The Morgan fingerprint density at radius 1 is 0.600 bits per heavy atom. The van der Waals surface area contributed by atoms with Gasteiger partial charge in [0.2, 0.25) is 0 Å². The Hall–Kier alpha value is -2.45. The van der Waals surface area contributed by atoms with Crippen LogP contribution >= 0.6 is 0 Å². The van der Waals surface area contributed by atoms with Gasteiger partial charge in [0.25, 0.3) is 0 Å². The molecule has 0 bridgehead atoms. The topological polar surface area (TPSA) is 75.3 Å². The van der Waals surface area contributed by atoms with E-state index in [0.29, 0.717) is 59.4 Å². The lowest BCUT2D eigenvalue weighted by atomic mass is 10.2. The molecular formula is C23H31NO6. The molecule has 2 aromatic carbocycles. The van der Waals surface area contributed by atoms with E-state index in [1.165, 1.54) is 0 Å². The Bertz CT molecular complexity index is 668. The van der Waals surface area contributed by atoms with Crippen molar-refractivity contribution in [3.8, 4) is 0 Å². The zero-order chi connectivity index (χ0) is 21.1. The van der Waals surface area contributed by atoms with Crippen molar-refractivity contribution in [2.24, 2.45) is 0 Å². The minimum Gasteiger partial charge on any atom is -0.445 e. The van der Waals surface area contributed by atoms with Crippen molar-refractivity contribution in [3.63, 3.8) is 0 Å². The highest BCUT2D eigenvalue weighted by Crippen LogP contribution is 2.01. The fourth-order valence-corrected chi connectivity index (χ4v) is 2.42. The number of benzene rings is 2. The molecule has 164 valence electrons. The van der Waals surface area contributed by atoms with Crippen LogP contribution in [0.1, 0.15) is 11.1 Å². The van der Waals surface area contributed by atoms with Crippen LogP contribution in [-0.2, 0) is 36.9 Å². The lowest BCUT2D eigenvalue weighted by Crippen LogP contribution is -2.28. The zero-order valence-electron chi connectivity index (χ0n) is 17.3. The minimum atomic E-state index is -0.455. The molecule has 0 radical (unpaired) electrons. The van der Waals surface area contributed by atoms with Crippen LogP contribution in [0, 0.1) is 0 Å². The van der Waals surface area contributed by atoms with Crippen LogP contribution in [0.15, 0.2) is 60.7 Å². The van der Waals surface area contributed by atoms with Gasteiger partial charge in [-0.25, -0.2) is 4.79 Å². The summed E-state index contributed by atoms with van der Waals surface area (Å²) >= 11 is 0. The van der Waals surface area contributed by atoms with Crippen LogP contribution in [0.3, 0.4) is 0 Å². The van der Waals surface area contributed by atoms with Gasteiger partial charge in [0, 0.05) is 6.54 Å². The molecule has 2 rings (SSSR count). The van der Waals surface area contributed by atoms with Crippen molar-refractivity contribution >= 4 is 6.09 Å². The van der Waals surface area contributed by atoms with Crippen molar-refractivity contribution in [1.82, 2.24) is 5.32 Å². The van der Waals surface area contributed by atoms with Crippen molar-refractivity contribution < 1.29 is 28.5 Å². The summed E-state index contributed by atoms with van der Waals surface area (Å²) in [5.41, 5.74) is 2.10. The maximum Gasteiger partial charge on any atom is 0.407 e. The second kappa shape index (κ2) is 16.4. The molecule has 0 aliphatic heterocycles. The van der Waals surface area contributed by atoms with Gasteiger partial charge in [-0.15, -0.1) is 0 Å². The number of hydrogen-bond acceptors (Lipinski definition) is 6. The smallest absolute Gasteiger partial charge is 0.407 e. The second-order valence-corrected chi connectivity index (χ2v) is 6.36. The largest absolute Gasteiger partial charge is 0.445 e. The molecule has 2 aromatic rings. The predicted octanol–water partition coefficient (Wildman–Crippen LogP) is 3.18. The molecule has 0 unspecified atom stereocenters. The first-order valence-corrected chi connectivity index (χ1v) is 10.1. The number of carbonyl (C=O) groups is 1. The number of rotatable bonds is 16. The van der Waals surface area contributed by atoms with E-state index in [0.717, 1.165) is 11.1 Å². The summed E-state index contributed by atoms with van der Waals surface area (Å²) in [6, 6.07) is 19.6. The van der Waals surface area contributed by atoms with Crippen LogP contribution in [0.4, 0.5) is 4.79 Å². The molecule has 1 N–H and O–H groups in total. The highest BCUT2D eigenvalue weighted by Gasteiger charge is 2.01. The lowest BCUT2D eigenvalue weighted by Gasteiger charge is -2.09. The van der Waals surface area contributed by atoms with E-state index in [2.05, 4.69) is 5.32 Å². The molecule has 0 aliphatic carbocycles. The van der Waals surface area contributed by atoms with Crippen LogP contribution < -0.4 is 5.32 Å². The monoisotopic (exact) mass is 417 g/mol. The van der Waals surface area contributed by atoms with E-state index in [9.17, 15) is 4.79 Å². The van der Waals surface area contributed by atoms with Gasteiger partial charge in [0.05, 0.1) is 52.9 Å². The van der Waals surface area contributed by atoms with Gasteiger partial charge in [0.1, 0.15) is 6.61 Å². The molecule has 0 fully saturated rings. The molecule has 0 atom stereocenters. The van der Waals surface area contributed by atoms with Gasteiger partial charge >= 0.3 is 6.09 Å². The van der Waals surface area contributed by atoms with Crippen LogP contribution in [0.2, 0.25) is 0 Å². The number of alkyl carbamates (subject to hydrolysis) is 1. The molecule has 0 saturated carbocycles. The van der Waals surface area contributed by atoms with Gasteiger partial charge in [0.15, 0.2) is 0 Å². The number of carbonyl (C=O) groups excluding carboxylic acids is 1. The third-order valence-corrected chi connectivity index (χ3v) is 3.96. The first kappa shape index (κ1) is 23.8. The molecule has 30 heavy (non-hydrogen) atoms. The summed E-state index contributed by atoms with van der Waals surface area (Å²) < 4.78 is 26.9. The highest BCUT2D eigenvalue weighted by molar-refractivity contribution is 5.67. The Balaban J connectivity index is 1.28. The first-order valence-electron chi connectivity index (χ1n) is 10.1. The standard InChI is InChI=1S/C23H31NO6/c25-23(30-20-22-9-5-2-6-10-22)24-11-12-26-13-14-27-15-16-28-17-18-29-19-21-7-3-1-4-8-21/h1-10H,11-20H2,(H,24,25). The van der Waals surface area contributed by atoms with E-state index in [4.69, 9.17) is 23.7 Å². The van der Waals surface area contributed by atoms with E-state index in [1.54, 1.807) is 0 Å². The number of nitrogens with one attached hydrogen (secondary N) is 1. The second-order valence-electron chi connectivity index (χ2n) is 6.36. The van der Waals surface area contributed by atoms with Gasteiger partial charge in [-0.1, -0.05) is 60.7 Å². The first-order chi connectivity index (χ1) is 14.8.